The number of nitrogens with one attached hydrogen (secondary N) is 1. The van der Waals surface area contributed by atoms with Crippen LogP contribution in [0.5, 0.6) is 5.75 Å². The standard InChI is InChI=1S/C13H19BrN2O/c1-17-13-6-5-10(8-11(13)14)12(16-15)7-9-3-2-4-9/h5-6,8-9,12,16H,2-4,7,15H2,1H3. The van der Waals surface area contributed by atoms with E-state index < -0.39 is 0 Å². The summed E-state index contributed by atoms with van der Waals surface area (Å²) in [5.41, 5.74) is 4.14. The molecule has 4 heteroatoms. The molecule has 94 valence electrons. The Bertz CT molecular complexity index is 380. The van der Waals surface area contributed by atoms with E-state index in [1.807, 2.05) is 6.07 Å². The molecule has 1 aliphatic rings. The second-order valence-electron chi connectivity index (χ2n) is 4.65. The molecule has 0 heterocycles. The van der Waals surface area contributed by atoms with Gasteiger partial charge in [0.2, 0.25) is 0 Å². The zero-order valence-corrected chi connectivity index (χ0v) is 11.7. The van der Waals surface area contributed by atoms with Crippen molar-refractivity contribution in [1.29, 1.82) is 0 Å². The Morgan fingerprint density at radius 2 is 2.29 bits per heavy atom. The van der Waals surface area contributed by atoms with Gasteiger partial charge in [0.05, 0.1) is 11.6 Å². The number of halogens is 1. The van der Waals surface area contributed by atoms with Crippen LogP contribution in [0.3, 0.4) is 0 Å². The second kappa shape index (κ2) is 5.85. The number of benzene rings is 1. The topological polar surface area (TPSA) is 47.3 Å². The number of rotatable bonds is 5. The van der Waals surface area contributed by atoms with E-state index >= 15 is 0 Å². The number of methoxy groups -OCH3 is 1. The van der Waals surface area contributed by atoms with Crippen LogP contribution in [0.2, 0.25) is 0 Å². The van der Waals surface area contributed by atoms with E-state index in [0.717, 1.165) is 22.6 Å². The van der Waals surface area contributed by atoms with E-state index in [1.54, 1.807) is 7.11 Å². The van der Waals surface area contributed by atoms with Gasteiger partial charge in [-0.25, -0.2) is 0 Å². The summed E-state index contributed by atoms with van der Waals surface area (Å²) in [6.45, 7) is 0. The summed E-state index contributed by atoms with van der Waals surface area (Å²) in [5.74, 6) is 7.34. The van der Waals surface area contributed by atoms with Gasteiger partial charge >= 0.3 is 0 Å². The molecule has 1 aliphatic carbocycles. The van der Waals surface area contributed by atoms with Gasteiger partial charge in [-0.2, -0.15) is 0 Å². The van der Waals surface area contributed by atoms with Gasteiger partial charge in [-0.1, -0.05) is 25.3 Å². The molecule has 1 fully saturated rings. The van der Waals surface area contributed by atoms with Crippen LogP contribution in [0.15, 0.2) is 22.7 Å². The van der Waals surface area contributed by atoms with Crippen molar-refractivity contribution in [1.82, 2.24) is 5.43 Å². The van der Waals surface area contributed by atoms with Crippen LogP contribution in [-0.4, -0.2) is 7.11 Å². The third-order valence-electron chi connectivity index (χ3n) is 3.57. The van der Waals surface area contributed by atoms with Gasteiger partial charge < -0.3 is 4.74 Å². The van der Waals surface area contributed by atoms with E-state index in [0.29, 0.717) is 0 Å². The minimum Gasteiger partial charge on any atom is -0.496 e. The van der Waals surface area contributed by atoms with Gasteiger partial charge in [0, 0.05) is 6.04 Å². The van der Waals surface area contributed by atoms with E-state index in [2.05, 4.69) is 33.5 Å². The SMILES string of the molecule is COc1ccc(C(CC2CCC2)NN)cc1Br. The molecule has 0 amide bonds. The van der Waals surface area contributed by atoms with Crippen molar-refractivity contribution in [3.8, 4) is 5.75 Å². The van der Waals surface area contributed by atoms with E-state index in [-0.39, 0.29) is 6.04 Å². The Morgan fingerprint density at radius 3 is 2.76 bits per heavy atom. The van der Waals surface area contributed by atoms with Gasteiger partial charge in [-0.15, -0.1) is 0 Å². The molecule has 0 bridgehead atoms. The number of hydrogen-bond acceptors (Lipinski definition) is 3. The van der Waals surface area contributed by atoms with Crippen molar-refractivity contribution in [3.05, 3.63) is 28.2 Å². The van der Waals surface area contributed by atoms with Gasteiger partial charge in [0.1, 0.15) is 5.75 Å². The van der Waals surface area contributed by atoms with E-state index in [9.17, 15) is 0 Å². The predicted octanol–water partition coefficient (Wildman–Crippen LogP) is 3.15. The molecule has 0 aromatic heterocycles. The fourth-order valence-electron chi connectivity index (χ4n) is 2.26. The summed E-state index contributed by atoms with van der Waals surface area (Å²) >= 11 is 3.51. The molecular formula is C13H19BrN2O. The minimum atomic E-state index is 0.238. The van der Waals surface area contributed by atoms with Gasteiger partial charge in [-0.05, 0) is 46.0 Å². The van der Waals surface area contributed by atoms with Crippen LogP contribution in [0, 0.1) is 5.92 Å². The van der Waals surface area contributed by atoms with Crippen LogP contribution in [-0.2, 0) is 0 Å². The van der Waals surface area contributed by atoms with E-state index in [4.69, 9.17) is 10.6 Å². The van der Waals surface area contributed by atoms with Gasteiger partial charge in [-0.3, -0.25) is 11.3 Å². The Balaban J connectivity index is 2.09. The van der Waals surface area contributed by atoms with Crippen molar-refractivity contribution in [2.24, 2.45) is 11.8 Å². The first-order chi connectivity index (χ1) is 8.24. The third kappa shape index (κ3) is 3.00. The van der Waals surface area contributed by atoms with Crippen LogP contribution < -0.4 is 16.0 Å². The van der Waals surface area contributed by atoms with Crippen LogP contribution in [0.4, 0.5) is 0 Å². The molecule has 1 aromatic carbocycles. The van der Waals surface area contributed by atoms with Crippen LogP contribution >= 0.6 is 15.9 Å². The van der Waals surface area contributed by atoms with Crippen LogP contribution in [0.25, 0.3) is 0 Å². The lowest BCUT2D eigenvalue weighted by Crippen LogP contribution is -2.31. The number of ether oxygens (including phenoxy) is 1. The molecule has 3 nitrogen and oxygen atoms in total. The molecule has 1 unspecified atom stereocenters. The smallest absolute Gasteiger partial charge is 0.133 e. The highest BCUT2D eigenvalue weighted by Crippen LogP contribution is 2.36. The zero-order chi connectivity index (χ0) is 12.3. The summed E-state index contributed by atoms with van der Waals surface area (Å²) in [6, 6.07) is 6.38. The molecule has 1 aromatic rings. The highest BCUT2D eigenvalue weighted by atomic mass is 79.9. The van der Waals surface area contributed by atoms with Gasteiger partial charge in [0.25, 0.3) is 0 Å². The van der Waals surface area contributed by atoms with Crippen molar-refractivity contribution in [2.75, 3.05) is 7.11 Å². The zero-order valence-electron chi connectivity index (χ0n) is 10.1. The van der Waals surface area contributed by atoms with E-state index in [1.165, 1.54) is 24.8 Å². The number of hydrazine groups is 1. The normalized spacial score (nSPS) is 17.6. The average molecular weight is 299 g/mol. The molecule has 2 rings (SSSR count). The lowest BCUT2D eigenvalue weighted by Gasteiger charge is -2.29. The number of hydrogen-bond donors (Lipinski definition) is 2. The molecule has 0 aliphatic heterocycles. The highest BCUT2D eigenvalue weighted by molar-refractivity contribution is 9.10. The highest BCUT2D eigenvalue weighted by Gasteiger charge is 2.22. The minimum absolute atomic E-state index is 0.238. The van der Waals surface area contributed by atoms with Crippen molar-refractivity contribution >= 4 is 15.9 Å². The maximum Gasteiger partial charge on any atom is 0.133 e. The Morgan fingerprint density at radius 1 is 1.53 bits per heavy atom. The third-order valence-corrected chi connectivity index (χ3v) is 4.19. The first kappa shape index (κ1) is 12.9. The monoisotopic (exact) mass is 298 g/mol. The number of nitrogens with two attached hydrogens (primary N) is 1. The molecule has 0 saturated heterocycles. The Hall–Kier alpha value is -0.580. The maximum atomic E-state index is 5.66. The largest absolute Gasteiger partial charge is 0.496 e. The molecule has 1 atom stereocenters. The molecular weight excluding hydrogens is 280 g/mol. The van der Waals surface area contributed by atoms with Crippen molar-refractivity contribution in [2.45, 2.75) is 31.7 Å². The summed E-state index contributed by atoms with van der Waals surface area (Å²) < 4.78 is 6.21. The summed E-state index contributed by atoms with van der Waals surface area (Å²) in [5, 5.41) is 0. The molecule has 1 saturated carbocycles. The average Bonchev–Trinajstić information content (AvgIpc) is 2.28. The molecule has 0 spiro atoms. The molecule has 17 heavy (non-hydrogen) atoms. The fraction of sp³-hybridized carbons (Fsp3) is 0.538. The lowest BCUT2D eigenvalue weighted by atomic mass is 9.80. The summed E-state index contributed by atoms with van der Waals surface area (Å²) in [7, 11) is 1.67. The van der Waals surface area contributed by atoms with Crippen molar-refractivity contribution < 1.29 is 4.74 Å². The van der Waals surface area contributed by atoms with Crippen molar-refractivity contribution in [3.63, 3.8) is 0 Å². The molecule has 3 N–H and O–H groups in total. The summed E-state index contributed by atoms with van der Waals surface area (Å²) in [4.78, 5) is 0. The molecule has 0 radical (unpaired) electrons. The Kier molecular flexibility index (Phi) is 4.42. The first-order valence-electron chi connectivity index (χ1n) is 6.04. The second-order valence-corrected chi connectivity index (χ2v) is 5.50. The fourth-order valence-corrected chi connectivity index (χ4v) is 2.82. The first-order valence-corrected chi connectivity index (χ1v) is 6.83. The maximum absolute atomic E-state index is 5.66. The van der Waals surface area contributed by atoms with Crippen LogP contribution in [0.1, 0.15) is 37.3 Å². The predicted molar refractivity (Wildman–Crippen MR) is 72.7 cm³/mol. The van der Waals surface area contributed by atoms with Gasteiger partial charge in [0.15, 0.2) is 0 Å². The lowest BCUT2D eigenvalue weighted by molar-refractivity contribution is 0.262. The summed E-state index contributed by atoms with van der Waals surface area (Å²) in [6.07, 6.45) is 5.18. The quantitative estimate of drug-likeness (QED) is 0.648. The Labute approximate surface area is 111 Å².